The molecule has 0 saturated carbocycles. The van der Waals surface area contributed by atoms with Crippen molar-refractivity contribution in [2.45, 2.75) is 13.8 Å². The second kappa shape index (κ2) is 4.76. The van der Waals surface area contributed by atoms with Crippen molar-refractivity contribution in [2.75, 3.05) is 0 Å². The lowest BCUT2D eigenvalue weighted by atomic mass is 10.2. The maximum absolute atomic E-state index is 11.8. The van der Waals surface area contributed by atoms with Crippen LogP contribution >= 0.6 is 22.7 Å². The highest BCUT2D eigenvalue weighted by Crippen LogP contribution is 2.19. The van der Waals surface area contributed by atoms with Gasteiger partial charge in [-0.25, -0.2) is 0 Å². The van der Waals surface area contributed by atoms with Gasteiger partial charge >= 0.3 is 0 Å². The summed E-state index contributed by atoms with van der Waals surface area (Å²) in [7, 11) is 0. The SMILES string of the molecule is Cc1ccc(C(=O)C=Cc2sccc2C)s1. The maximum atomic E-state index is 11.8. The van der Waals surface area contributed by atoms with Gasteiger partial charge in [0.1, 0.15) is 0 Å². The predicted octanol–water partition coefficient (Wildman–Crippen LogP) is 4.32. The Morgan fingerprint density at radius 3 is 2.62 bits per heavy atom. The van der Waals surface area contributed by atoms with Crippen LogP contribution in [0, 0.1) is 13.8 Å². The molecule has 2 rings (SSSR count). The van der Waals surface area contributed by atoms with Gasteiger partial charge in [0, 0.05) is 9.75 Å². The molecule has 0 saturated heterocycles. The molecule has 0 N–H and O–H groups in total. The van der Waals surface area contributed by atoms with Crippen LogP contribution in [0.15, 0.2) is 29.7 Å². The predicted molar refractivity (Wildman–Crippen MR) is 71.5 cm³/mol. The molecule has 1 nitrogen and oxygen atoms in total. The van der Waals surface area contributed by atoms with E-state index in [0.29, 0.717) is 0 Å². The Kier molecular flexibility index (Phi) is 3.36. The van der Waals surface area contributed by atoms with Gasteiger partial charge in [-0.15, -0.1) is 22.7 Å². The second-order valence-electron chi connectivity index (χ2n) is 3.58. The van der Waals surface area contributed by atoms with Gasteiger partial charge in [0.05, 0.1) is 4.88 Å². The molecule has 0 fully saturated rings. The first-order valence-electron chi connectivity index (χ1n) is 5.00. The topological polar surface area (TPSA) is 17.1 Å². The van der Waals surface area contributed by atoms with Gasteiger partial charge in [-0.3, -0.25) is 4.79 Å². The highest BCUT2D eigenvalue weighted by Gasteiger charge is 2.04. The van der Waals surface area contributed by atoms with Crippen LogP contribution in [0.4, 0.5) is 0 Å². The minimum atomic E-state index is 0.0888. The summed E-state index contributed by atoms with van der Waals surface area (Å²) in [6, 6.07) is 5.92. The Morgan fingerprint density at radius 1 is 1.25 bits per heavy atom. The molecule has 3 heteroatoms. The van der Waals surface area contributed by atoms with Gasteiger partial charge in [0.15, 0.2) is 5.78 Å². The fourth-order valence-electron chi connectivity index (χ4n) is 1.36. The van der Waals surface area contributed by atoms with Crippen molar-refractivity contribution in [3.8, 4) is 0 Å². The summed E-state index contributed by atoms with van der Waals surface area (Å²) in [6.45, 7) is 4.06. The summed E-state index contributed by atoms with van der Waals surface area (Å²) in [4.78, 5) is 14.9. The number of carbonyl (C=O) groups is 1. The maximum Gasteiger partial charge on any atom is 0.195 e. The summed E-state index contributed by atoms with van der Waals surface area (Å²) in [5, 5.41) is 2.04. The molecular weight excluding hydrogens is 236 g/mol. The van der Waals surface area contributed by atoms with E-state index in [2.05, 4.69) is 13.0 Å². The average Bonchev–Trinajstić information content (AvgIpc) is 2.84. The minimum absolute atomic E-state index is 0.0888. The molecule has 2 aromatic rings. The molecule has 82 valence electrons. The van der Waals surface area contributed by atoms with Crippen LogP contribution in [0.3, 0.4) is 0 Å². The summed E-state index contributed by atoms with van der Waals surface area (Å²) in [5.74, 6) is 0.0888. The van der Waals surface area contributed by atoms with Gasteiger partial charge in [-0.05, 0) is 55.1 Å². The smallest absolute Gasteiger partial charge is 0.195 e. The number of rotatable bonds is 3. The number of allylic oxidation sites excluding steroid dienone is 1. The third-order valence-electron chi connectivity index (χ3n) is 2.27. The monoisotopic (exact) mass is 248 g/mol. The van der Waals surface area contributed by atoms with E-state index in [0.717, 1.165) is 9.75 Å². The van der Waals surface area contributed by atoms with E-state index in [1.807, 2.05) is 30.5 Å². The van der Waals surface area contributed by atoms with Crippen molar-refractivity contribution < 1.29 is 4.79 Å². The Labute approximate surface area is 103 Å². The van der Waals surface area contributed by atoms with Crippen molar-refractivity contribution in [3.05, 3.63) is 49.9 Å². The van der Waals surface area contributed by atoms with Gasteiger partial charge in [-0.1, -0.05) is 0 Å². The lowest BCUT2D eigenvalue weighted by Gasteiger charge is -1.90. The zero-order valence-corrected chi connectivity index (χ0v) is 10.8. The molecule has 0 aromatic carbocycles. The molecule has 0 aliphatic rings. The van der Waals surface area contributed by atoms with Gasteiger partial charge in [0.2, 0.25) is 0 Å². The fourth-order valence-corrected chi connectivity index (χ4v) is 2.96. The Balaban J connectivity index is 2.14. The number of aryl methyl sites for hydroxylation is 2. The first kappa shape index (κ1) is 11.3. The summed E-state index contributed by atoms with van der Waals surface area (Å²) < 4.78 is 0. The summed E-state index contributed by atoms with van der Waals surface area (Å²) in [5.41, 5.74) is 1.22. The Bertz CT molecular complexity index is 532. The quantitative estimate of drug-likeness (QED) is 0.584. The van der Waals surface area contributed by atoms with Crippen LogP contribution in [-0.2, 0) is 0 Å². The normalized spacial score (nSPS) is 11.1. The van der Waals surface area contributed by atoms with Gasteiger partial charge in [-0.2, -0.15) is 0 Å². The number of hydrogen-bond acceptors (Lipinski definition) is 3. The van der Waals surface area contributed by atoms with Crippen molar-refractivity contribution in [1.82, 2.24) is 0 Å². The van der Waals surface area contributed by atoms with Gasteiger partial charge in [0.25, 0.3) is 0 Å². The first-order valence-corrected chi connectivity index (χ1v) is 6.69. The standard InChI is InChI=1S/C13H12OS2/c1-9-7-8-15-12(9)6-4-11(14)13-5-3-10(2)16-13/h3-8H,1-2H3. The van der Waals surface area contributed by atoms with Crippen molar-refractivity contribution >= 4 is 34.5 Å². The number of hydrogen-bond donors (Lipinski definition) is 0. The zero-order chi connectivity index (χ0) is 11.5. The zero-order valence-electron chi connectivity index (χ0n) is 9.19. The molecule has 0 amide bonds. The van der Waals surface area contributed by atoms with Crippen LogP contribution in [0.2, 0.25) is 0 Å². The third-order valence-corrected chi connectivity index (χ3v) is 4.27. The Morgan fingerprint density at radius 2 is 2.06 bits per heavy atom. The average molecular weight is 248 g/mol. The molecule has 0 aliphatic carbocycles. The number of carbonyl (C=O) groups excluding carboxylic acids is 1. The first-order chi connectivity index (χ1) is 7.66. The lowest BCUT2D eigenvalue weighted by Crippen LogP contribution is -1.88. The van der Waals surface area contributed by atoms with Crippen LogP contribution in [0.25, 0.3) is 6.08 Å². The van der Waals surface area contributed by atoms with Crippen molar-refractivity contribution in [2.24, 2.45) is 0 Å². The highest BCUT2D eigenvalue weighted by atomic mass is 32.1. The molecule has 0 unspecified atom stereocenters. The summed E-state index contributed by atoms with van der Waals surface area (Å²) >= 11 is 3.20. The molecule has 2 aromatic heterocycles. The van der Waals surface area contributed by atoms with E-state index in [1.54, 1.807) is 17.4 Å². The van der Waals surface area contributed by atoms with Crippen LogP contribution in [0.1, 0.15) is 25.0 Å². The lowest BCUT2D eigenvalue weighted by molar-refractivity contribution is 0.105. The van der Waals surface area contributed by atoms with Crippen LogP contribution in [-0.4, -0.2) is 5.78 Å². The molecule has 16 heavy (non-hydrogen) atoms. The molecule has 0 aliphatic heterocycles. The van der Waals surface area contributed by atoms with E-state index < -0.39 is 0 Å². The van der Waals surface area contributed by atoms with E-state index in [1.165, 1.54) is 21.8 Å². The van der Waals surface area contributed by atoms with Gasteiger partial charge < -0.3 is 0 Å². The fraction of sp³-hybridized carbons (Fsp3) is 0.154. The van der Waals surface area contributed by atoms with Crippen LogP contribution < -0.4 is 0 Å². The van der Waals surface area contributed by atoms with Crippen molar-refractivity contribution in [1.29, 1.82) is 0 Å². The molecule has 0 radical (unpaired) electrons. The largest absolute Gasteiger partial charge is 0.288 e. The van der Waals surface area contributed by atoms with E-state index in [9.17, 15) is 4.79 Å². The summed E-state index contributed by atoms with van der Waals surface area (Å²) in [6.07, 6.45) is 3.56. The Hall–Kier alpha value is -1.19. The van der Waals surface area contributed by atoms with E-state index in [-0.39, 0.29) is 5.78 Å². The van der Waals surface area contributed by atoms with E-state index in [4.69, 9.17) is 0 Å². The molecule has 2 heterocycles. The third kappa shape index (κ3) is 2.49. The molecule has 0 spiro atoms. The number of thiophene rings is 2. The highest BCUT2D eigenvalue weighted by molar-refractivity contribution is 7.14. The molecule has 0 atom stereocenters. The minimum Gasteiger partial charge on any atom is -0.288 e. The van der Waals surface area contributed by atoms with E-state index >= 15 is 0 Å². The second-order valence-corrected chi connectivity index (χ2v) is 5.81. The molecular formula is C13H12OS2. The number of ketones is 1. The van der Waals surface area contributed by atoms with Crippen LogP contribution in [0.5, 0.6) is 0 Å². The van der Waals surface area contributed by atoms with Crippen molar-refractivity contribution in [3.63, 3.8) is 0 Å². The molecule has 0 bridgehead atoms.